The van der Waals surface area contributed by atoms with Crippen molar-refractivity contribution in [1.82, 2.24) is 0 Å². The van der Waals surface area contributed by atoms with Gasteiger partial charge in [-0.1, -0.05) is 170 Å². The lowest BCUT2D eigenvalue weighted by molar-refractivity contribution is 1.60. The molecule has 0 N–H and O–H groups in total. The first-order valence-corrected chi connectivity index (χ1v) is 13.8. The van der Waals surface area contributed by atoms with Gasteiger partial charge in [0.1, 0.15) is 0 Å². The molecule has 0 saturated heterocycles. The standard InChI is InChI=1S/C40H28/c1-3-11-31(12-4-1)32-25-21-29(22-26-32)19-20-30-23-27-34(28-24-30)40-37-17-9-7-15-35(37)39(33-13-5-2-6-14-33)36-16-8-10-18-38(36)40/h1-28H. The molecule has 0 nitrogen and oxygen atoms in total. The van der Waals surface area contributed by atoms with Crippen LogP contribution in [-0.2, 0) is 0 Å². The normalized spacial score (nSPS) is 11.4. The third-order valence-electron chi connectivity index (χ3n) is 7.68. The molecule has 7 aromatic carbocycles. The molecule has 0 aliphatic rings. The maximum atomic E-state index is 2.26. The van der Waals surface area contributed by atoms with Gasteiger partial charge >= 0.3 is 0 Å². The summed E-state index contributed by atoms with van der Waals surface area (Å²) in [5, 5.41) is 5.12. The summed E-state index contributed by atoms with van der Waals surface area (Å²) in [6.45, 7) is 0. The Bertz CT molecular complexity index is 1890. The molecule has 0 aliphatic heterocycles. The summed E-state index contributed by atoms with van der Waals surface area (Å²) in [6, 6.07) is 56.6. The summed E-state index contributed by atoms with van der Waals surface area (Å²) in [5.41, 5.74) is 9.93. The van der Waals surface area contributed by atoms with E-state index in [1.54, 1.807) is 0 Å². The van der Waals surface area contributed by atoms with E-state index in [0.29, 0.717) is 0 Å². The lowest BCUT2D eigenvalue weighted by atomic mass is 9.86. The van der Waals surface area contributed by atoms with Gasteiger partial charge in [0.15, 0.2) is 0 Å². The number of fused-ring (bicyclic) bond motifs is 2. The summed E-state index contributed by atoms with van der Waals surface area (Å²) in [6.07, 6.45) is 4.37. The summed E-state index contributed by atoms with van der Waals surface area (Å²) >= 11 is 0. The molecule has 0 spiro atoms. The van der Waals surface area contributed by atoms with Gasteiger partial charge < -0.3 is 0 Å². The molecule has 0 amide bonds. The largest absolute Gasteiger partial charge is 0.0622 e. The molecule has 0 unspecified atom stereocenters. The van der Waals surface area contributed by atoms with Crippen molar-refractivity contribution in [2.45, 2.75) is 0 Å². The molecule has 0 saturated carbocycles. The highest BCUT2D eigenvalue weighted by Crippen LogP contribution is 2.43. The van der Waals surface area contributed by atoms with Gasteiger partial charge in [-0.3, -0.25) is 0 Å². The van der Waals surface area contributed by atoms with E-state index in [4.69, 9.17) is 0 Å². The Morgan fingerprint density at radius 1 is 0.250 bits per heavy atom. The highest BCUT2D eigenvalue weighted by Gasteiger charge is 2.15. The van der Waals surface area contributed by atoms with Crippen LogP contribution in [0.25, 0.3) is 67.1 Å². The highest BCUT2D eigenvalue weighted by molar-refractivity contribution is 6.21. The smallest absolute Gasteiger partial charge is 0.00264 e. The Kier molecular flexibility index (Phi) is 6.28. The van der Waals surface area contributed by atoms with Crippen LogP contribution in [0.2, 0.25) is 0 Å². The minimum Gasteiger partial charge on any atom is -0.0622 e. The van der Waals surface area contributed by atoms with Gasteiger partial charge in [-0.25, -0.2) is 0 Å². The first-order chi connectivity index (χ1) is 19.8. The van der Waals surface area contributed by atoms with Gasteiger partial charge in [0.2, 0.25) is 0 Å². The Labute approximate surface area is 235 Å². The van der Waals surface area contributed by atoms with Gasteiger partial charge in [-0.2, -0.15) is 0 Å². The summed E-state index contributed by atoms with van der Waals surface area (Å²) in [5.74, 6) is 0. The maximum absolute atomic E-state index is 2.26. The van der Waals surface area contributed by atoms with Crippen LogP contribution in [-0.4, -0.2) is 0 Å². The molecule has 188 valence electrons. The fraction of sp³-hybridized carbons (Fsp3) is 0. The Morgan fingerprint density at radius 2 is 0.550 bits per heavy atom. The zero-order valence-corrected chi connectivity index (χ0v) is 22.2. The average molecular weight is 509 g/mol. The van der Waals surface area contributed by atoms with Crippen molar-refractivity contribution >= 4 is 33.7 Å². The number of benzene rings is 7. The van der Waals surface area contributed by atoms with Crippen LogP contribution in [0.4, 0.5) is 0 Å². The number of hydrogen-bond donors (Lipinski definition) is 0. The SMILES string of the molecule is C(=Cc1ccc(-c2c3ccccc3c(-c3ccccc3)c3ccccc23)cc1)c1ccc(-c2ccccc2)cc1. The van der Waals surface area contributed by atoms with E-state index in [0.717, 1.165) is 0 Å². The Hall–Kier alpha value is -5.20. The molecule has 0 bridgehead atoms. The molecule has 0 fully saturated rings. The van der Waals surface area contributed by atoms with E-state index in [2.05, 4.69) is 170 Å². The second-order valence-corrected chi connectivity index (χ2v) is 10.2. The first kappa shape index (κ1) is 23.9. The van der Waals surface area contributed by atoms with Crippen molar-refractivity contribution in [1.29, 1.82) is 0 Å². The predicted octanol–water partition coefficient (Wildman–Crippen LogP) is 11.2. The Balaban J connectivity index is 1.26. The Morgan fingerprint density at radius 3 is 0.975 bits per heavy atom. The topological polar surface area (TPSA) is 0 Å². The average Bonchev–Trinajstić information content (AvgIpc) is 3.04. The monoisotopic (exact) mass is 508 g/mol. The van der Waals surface area contributed by atoms with Gasteiger partial charge in [0.25, 0.3) is 0 Å². The van der Waals surface area contributed by atoms with Crippen molar-refractivity contribution in [3.8, 4) is 33.4 Å². The molecule has 7 aromatic rings. The minimum atomic E-state index is 1.19. The van der Waals surface area contributed by atoms with Gasteiger partial charge in [-0.15, -0.1) is 0 Å². The van der Waals surface area contributed by atoms with Crippen molar-refractivity contribution in [2.75, 3.05) is 0 Å². The van der Waals surface area contributed by atoms with E-state index >= 15 is 0 Å². The molecule has 7 rings (SSSR count). The van der Waals surface area contributed by atoms with E-state index in [1.807, 2.05) is 0 Å². The molecule has 0 heteroatoms. The van der Waals surface area contributed by atoms with Crippen LogP contribution in [0.3, 0.4) is 0 Å². The van der Waals surface area contributed by atoms with Crippen molar-refractivity contribution < 1.29 is 0 Å². The van der Waals surface area contributed by atoms with Crippen molar-refractivity contribution in [3.63, 3.8) is 0 Å². The molecule has 0 aromatic heterocycles. The fourth-order valence-corrected chi connectivity index (χ4v) is 5.73. The molecule has 40 heavy (non-hydrogen) atoms. The van der Waals surface area contributed by atoms with E-state index in [9.17, 15) is 0 Å². The minimum absolute atomic E-state index is 1.19. The summed E-state index contributed by atoms with van der Waals surface area (Å²) < 4.78 is 0. The van der Waals surface area contributed by atoms with Crippen LogP contribution in [0.5, 0.6) is 0 Å². The van der Waals surface area contributed by atoms with Gasteiger partial charge in [0, 0.05) is 0 Å². The zero-order chi connectivity index (χ0) is 26.7. The molecular weight excluding hydrogens is 480 g/mol. The maximum Gasteiger partial charge on any atom is -0.00264 e. The third-order valence-corrected chi connectivity index (χ3v) is 7.68. The first-order valence-electron chi connectivity index (χ1n) is 13.8. The van der Waals surface area contributed by atoms with Crippen LogP contribution < -0.4 is 0 Å². The number of rotatable bonds is 5. The molecule has 0 atom stereocenters. The second-order valence-electron chi connectivity index (χ2n) is 10.2. The van der Waals surface area contributed by atoms with E-state index in [1.165, 1.54) is 66.1 Å². The van der Waals surface area contributed by atoms with Gasteiger partial charge in [0.05, 0.1) is 0 Å². The van der Waals surface area contributed by atoms with Crippen molar-refractivity contribution in [3.05, 3.63) is 169 Å². The predicted molar refractivity (Wildman–Crippen MR) is 173 cm³/mol. The summed E-state index contributed by atoms with van der Waals surface area (Å²) in [7, 11) is 0. The van der Waals surface area contributed by atoms with Gasteiger partial charge in [-0.05, 0) is 66.1 Å². The van der Waals surface area contributed by atoms with Crippen molar-refractivity contribution in [2.24, 2.45) is 0 Å². The highest BCUT2D eigenvalue weighted by atomic mass is 14.2. The molecule has 0 aliphatic carbocycles. The summed E-state index contributed by atoms with van der Waals surface area (Å²) in [4.78, 5) is 0. The zero-order valence-electron chi connectivity index (χ0n) is 22.2. The molecule has 0 radical (unpaired) electrons. The molecule has 0 heterocycles. The van der Waals surface area contributed by atoms with Crippen LogP contribution in [0.1, 0.15) is 11.1 Å². The quantitative estimate of drug-likeness (QED) is 0.160. The van der Waals surface area contributed by atoms with E-state index < -0.39 is 0 Å². The second kappa shape index (κ2) is 10.5. The van der Waals surface area contributed by atoms with Crippen LogP contribution in [0.15, 0.2) is 158 Å². The van der Waals surface area contributed by atoms with Crippen LogP contribution >= 0.6 is 0 Å². The fourth-order valence-electron chi connectivity index (χ4n) is 5.73. The molecular formula is C40H28. The van der Waals surface area contributed by atoms with Crippen LogP contribution in [0, 0.1) is 0 Å². The lowest BCUT2D eigenvalue weighted by Gasteiger charge is -2.17. The lowest BCUT2D eigenvalue weighted by Crippen LogP contribution is -1.90. The third kappa shape index (κ3) is 4.51. The number of hydrogen-bond acceptors (Lipinski definition) is 0. The van der Waals surface area contributed by atoms with E-state index in [-0.39, 0.29) is 0 Å².